The largest absolute Gasteiger partial charge is 0.305 e. The van der Waals surface area contributed by atoms with E-state index in [1.807, 2.05) is 24.3 Å². The van der Waals surface area contributed by atoms with Gasteiger partial charge in [-0.05, 0) is 71.3 Å². The molecule has 2 aliphatic rings. The van der Waals surface area contributed by atoms with Crippen molar-refractivity contribution in [1.82, 2.24) is 9.97 Å². The van der Waals surface area contributed by atoms with Crippen LogP contribution >= 0.6 is 0 Å². The number of aromatic nitrogens is 2. The molecule has 3 aromatic carbocycles. The Kier molecular flexibility index (Phi) is 11.4. The predicted octanol–water partition coefficient (Wildman–Crippen LogP) is 9.92. The van der Waals surface area contributed by atoms with Gasteiger partial charge in [-0.25, -0.2) is 0 Å². The molecule has 0 aliphatic heterocycles. The molecule has 2 heterocycles. The molecule has 0 N–H and O–H groups in total. The molecule has 1 fully saturated rings. The van der Waals surface area contributed by atoms with Crippen molar-refractivity contribution in [1.29, 1.82) is 0 Å². The van der Waals surface area contributed by atoms with Crippen molar-refractivity contribution < 1.29 is 20.1 Å². The van der Waals surface area contributed by atoms with Crippen molar-refractivity contribution in [2.24, 2.45) is 5.92 Å². The number of rotatable bonds is 6. The molecule has 1 radical (unpaired) electrons. The normalized spacial score (nSPS) is 14.6. The van der Waals surface area contributed by atoms with Gasteiger partial charge in [-0.2, -0.15) is 0 Å². The topological polar surface area (TPSA) is 25.8 Å². The van der Waals surface area contributed by atoms with E-state index in [0.717, 1.165) is 47.0 Å². The van der Waals surface area contributed by atoms with Crippen molar-refractivity contribution >= 4 is 13.3 Å². The second-order valence-corrected chi connectivity index (χ2v) is 18.5. The Morgan fingerprint density at radius 1 is 0.733 bits per heavy atom. The first-order chi connectivity index (χ1) is 21.5. The molecule has 0 bridgehead atoms. The molecule has 0 unspecified atom stereocenters. The minimum atomic E-state index is -1.35. The number of pyridine rings is 2. The molecule has 7 rings (SSSR count). The van der Waals surface area contributed by atoms with Gasteiger partial charge in [0.15, 0.2) is 0 Å². The van der Waals surface area contributed by atoms with Gasteiger partial charge in [0.25, 0.3) is 0 Å². The number of hydrogen-bond donors (Lipinski definition) is 0. The Bertz CT molecular complexity index is 1660. The maximum Gasteiger partial charge on any atom is 0.0798 e. The molecule has 2 aromatic heterocycles. The minimum Gasteiger partial charge on any atom is -0.305 e. The van der Waals surface area contributed by atoms with E-state index in [4.69, 9.17) is 9.97 Å². The number of hydrogen-bond acceptors (Lipinski definition) is 2. The first-order valence-electron chi connectivity index (χ1n) is 16.5. The number of aryl methyl sites for hydroxylation is 1. The van der Waals surface area contributed by atoms with Crippen LogP contribution in [0.4, 0.5) is 0 Å². The van der Waals surface area contributed by atoms with Crippen LogP contribution in [-0.2, 0) is 39.4 Å². The molecule has 0 spiro atoms. The second kappa shape index (κ2) is 15.4. The second-order valence-electron chi connectivity index (χ2n) is 13.5. The Morgan fingerprint density at radius 2 is 1.38 bits per heavy atom. The zero-order valence-electron chi connectivity index (χ0n) is 26.9. The van der Waals surface area contributed by atoms with Crippen molar-refractivity contribution in [2.45, 2.75) is 77.4 Å². The predicted molar refractivity (Wildman–Crippen MR) is 188 cm³/mol. The first kappa shape index (κ1) is 33.2. The van der Waals surface area contributed by atoms with Crippen molar-refractivity contribution in [3.8, 4) is 33.8 Å². The smallest absolute Gasteiger partial charge is 0.0798 e. The third-order valence-electron chi connectivity index (χ3n) is 9.14. The molecular formula is C41H44IrN2Si-2. The molecule has 233 valence electrons. The fraction of sp³-hybridized carbons (Fsp3) is 0.317. The third-order valence-corrected chi connectivity index (χ3v) is 11.2. The fourth-order valence-corrected chi connectivity index (χ4v) is 8.43. The molecule has 2 nitrogen and oxygen atoms in total. The molecule has 45 heavy (non-hydrogen) atoms. The summed E-state index contributed by atoms with van der Waals surface area (Å²) in [5, 5.41) is 1.54. The molecular weight excluding hydrogens is 741 g/mol. The Balaban J connectivity index is 0.000000174. The van der Waals surface area contributed by atoms with Crippen molar-refractivity contribution in [3.63, 3.8) is 0 Å². The van der Waals surface area contributed by atoms with Gasteiger partial charge in [0.05, 0.1) is 13.8 Å². The maximum atomic E-state index is 5.00. The van der Waals surface area contributed by atoms with E-state index >= 15 is 0 Å². The fourth-order valence-electron chi connectivity index (χ4n) is 6.84. The summed E-state index contributed by atoms with van der Waals surface area (Å²) in [6, 6.07) is 38.1. The van der Waals surface area contributed by atoms with Gasteiger partial charge in [0, 0.05) is 26.3 Å². The van der Waals surface area contributed by atoms with E-state index in [2.05, 4.69) is 105 Å². The Hall–Kier alpha value is -3.17. The zero-order chi connectivity index (χ0) is 30.4. The molecule has 2 aliphatic carbocycles. The van der Waals surface area contributed by atoms with Gasteiger partial charge < -0.3 is 4.98 Å². The summed E-state index contributed by atoms with van der Waals surface area (Å²) >= 11 is 0. The van der Waals surface area contributed by atoms with E-state index in [9.17, 15) is 0 Å². The van der Waals surface area contributed by atoms with Gasteiger partial charge in [0.2, 0.25) is 0 Å². The molecule has 0 amide bonds. The van der Waals surface area contributed by atoms with Crippen LogP contribution in [0.1, 0.15) is 55.2 Å². The molecule has 1 saturated carbocycles. The van der Waals surface area contributed by atoms with Gasteiger partial charge in [0.1, 0.15) is 0 Å². The van der Waals surface area contributed by atoms with Crippen LogP contribution in [0, 0.1) is 18.1 Å². The number of benzene rings is 3. The summed E-state index contributed by atoms with van der Waals surface area (Å²) in [7, 11) is -1.35. The van der Waals surface area contributed by atoms with Crippen LogP contribution in [0.15, 0.2) is 97.2 Å². The van der Waals surface area contributed by atoms with Crippen LogP contribution in [-0.4, -0.2) is 18.0 Å². The van der Waals surface area contributed by atoms with E-state index in [1.165, 1.54) is 61.6 Å². The van der Waals surface area contributed by atoms with Crippen LogP contribution in [0.25, 0.3) is 33.8 Å². The summed E-state index contributed by atoms with van der Waals surface area (Å²) in [6.45, 7) is 7.28. The van der Waals surface area contributed by atoms with Crippen molar-refractivity contribution in [2.75, 3.05) is 0 Å². The quantitative estimate of drug-likeness (QED) is 0.127. The SMILES string of the molecule is C[Si](C)(C)c1cnc(-c2[c-]cccc2)cc1CC1CCCC1.[Ir].[c-]1ccccc1-c1cc2c(c(-c3ccccc3)n1)CCCC2. The third kappa shape index (κ3) is 8.36. The van der Waals surface area contributed by atoms with Crippen LogP contribution < -0.4 is 5.19 Å². The van der Waals surface area contributed by atoms with Gasteiger partial charge in [-0.15, -0.1) is 71.8 Å². The Morgan fingerprint density at radius 3 is 2.02 bits per heavy atom. The summed E-state index contributed by atoms with van der Waals surface area (Å²) in [4.78, 5) is 9.75. The van der Waals surface area contributed by atoms with E-state index in [1.54, 1.807) is 10.8 Å². The van der Waals surface area contributed by atoms with Gasteiger partial charge in [-0.3, -0.25) is 4.98 Å². The zero-order valence-corrected chi connectivity index (χ0v) is 30.3. The average Bonchev–Trinajstić information content (AvgIpc) is 3.58. The van der Waals surface area contributed by atoms with Gasteiger partial charge in [-0.1, -0.05) is 93.4 Å². The minimum absolute atomic E-state index is 0. The molecule has 0 saturated heterocycles. The molecule has 4 heteroatoms. The monoisotopic (exact) mass is 785 g/mol. The van der Waals surface area contributed by atoms with Gasteiger partial charge >= 0.3 is 0 Å². The van der Waals surface area contributed by atoms with E-state index in [-0.39, 0.29) is 20.1 Å². The summed E-state index contributed by atoms with van der Waals surface area (Å²) in [5.41, 5.74) is 11.1. The number of fused-ring (bicyclic) bond motifs is 1. The summed E-state index contributed by atoms with van der Waals surface area (Å²) in [6.07, 6.45) is 13.9. The summed E-state index contributed by atoms with van der Waals surface area (Å²) in [5.74, 6) is 0.880. The van der Waals surface area contributed by atoms with Crippen molar-refractivity contribution in [3.05, 3.63) is 126 Å². The summed E-state index contributed by atoms with van der Waals surface area (Å²) < 4.78 is 0. The molecule has 5 aromatic rings. The standard InChI is InChI=1S/C21H18N.C20H26NSi.Ir/c1-3-9-16(10-4-1)20-15-18-13-7-8-14-19(18)21(22-20)17-11-5-2-6-12-17;1-22(2,3)20-15-21-19(17-11-5-4-6-12-17)14-18(20)13-16-9-7-8-10-16;/h1-6,9,11-12,15H,7-8,13-14H2;4-6,11,14-16H,7-10,13H2,1-3H3;/q2*-1;. The number of nitrogens with zero attached hydrogens (tertiary/aromatic N) is 2. The van der Waals surface area contributed by atoms with Crippen LogP contribution in [0.5, 0.6) is 0 Å². The average molecular weight is 785 g/mol. The Labute approximate surface area is 285 Å². The molecule has 0 atom stereocenters. The van der Waals surface area contributed by atoms with E-state index in [0.29, 0.717) is 0 Å². The van der Waals surface area contributed by atoms with Crippen LogP contribution in [0.2, 0.25) is 19.6 Å². The maximum absolute atomic E-state index is 5.00. The van der Waals surface area contributed by atoms with E-state index < -0.39 is 8.07 Å². The van der Waals surface area contributed by atoms with Crippen LogP contribution in [0.3, 0.4) is 0 Å². The first-order valence-corrected chi connectivity index (χ1v) is 20.0.